The van der Waals surface area contributed by atoms with Crippen molar-refractivity contribution in [1.29, 1.82) is 0 Å². The van der Waals surface area contributed by atoms with E-state index in [-0.39, 0.29) is 0 Å². The zero-order valence-corrected chi connectivity index (χ0v) is 14.0. The molecule has 0 amide bonds. The summed E-state index contributed by atoms with van der Waals surface area (Å²) in [6.45, 7) is 0. The fraction of sp³-hybridized carbons (Fsp3) is 0.133. The summed E-state index contributed by atoms with van der Waals surface area (Å²) >= 11 is 5.18. The molecule has 4 nitrogen and oxygen atoms in total. The van der Waals surface area contributed by atoms with Crippen LogP contribution < -0.4 is 10.5 Å². The first kappa shape index (κ1) is 14.2. The van der Waals surface area contributed by atoms with Gasteiger partial charge in [0, 0.05) is 28.5 Å². The lowest BCUT2D eigenvalue weighted by atomic mass is 10.0. The van der Waals surface area contributed by atoms with E-state index in [1.54, 1.807) is 23.1 Å². The molecule has 3 aromatic rings. The summed E-state index contributed by atoms with van der Waals surface area (Å²) in [4.78, 5) is 1.03. The van der Waals surface area contributed by atoms with Crippen molar-refractivity contribution in [2.24, 2.45) is 7.05 Å². The molecule has 0 saturated carbocycles. The number of halogens is 1. The third kappa shape index (κ3) is 2.45. The molecule has 2 N–H and O–H groups in total. The van der Waals surface area contributed by atoms with Gasteiger partial charge in [-0.2, -0.15) is 5.10 Å². The first-order chi connectivity index (χ1) is 10.1. The maximum Gasteiger partial charge on any atom is 0.130 e. The number of anilines is 1. The molecule has 2 heterocycles. The third-order valence-electron chi connectivity index (χ3n) is 3.28. The van der Waals surface area contributed by atoms with E-state index in [1.165, 1.54) is 0 Å². The Morgan fingerprint density at radius 1 is 1.33 bits per heavy atom. The number of nitrogens with two attached hydrogens (primary N) is 1. The highest BCUT2D eigenvalue weighted by Crippen LogP contribution is 2.42. The number of hydrogen-bond donors (Lipinski definition) is 1. The second-order valence-corrected chi connectivity index (χ2v) is 6.33. The van der Waals surface area contributed by atoms with Gasteiger partial charge in [-0.3, -0.25) is 4.68 Å². The molecular formula is C15H14BrN3OS. The van der Waals surface area contributed by atoms with Crippen LogP contribution in [0.5, 0.6) is 5.75 Å². The minimum atomic E-state index is 0.643. The lowest BCUT2D eigenvalue weighted by Crippen LogP contribution is -1.98. The second-order valence-electron chi connectivity index (χ2n) is 4.56. The van der Waals surface area contributed by atoms with Crippen LogP contribution >= 0.6 is 27.3 Å². The fourth-order valence-electron chi connectivity index (χ4n) is 2.19. The number of rotatable bonds is 3. The SMILES string of the molecule is COc1csc(-c2nn(C)c(N)c2-c2ccccc2Br)c1. The number of nitrogens with zero attached hydrogens (tertiary/aromatic N) is 2. The minimum Gasteiger partial charge on any atom is -0.496 e. The van der Waals surface area contributed by atoms with Gasteiger partial charge < -0.3 is 10.5 Å². The van der Waals surface area contributed by atoms with Gasteiger partial charge in [0.1, 0.15) is 17.3 Å². The molecule has 0 aliphatic heterocycles. The monoisotopic (exact) mass is 363 g/mol. The molecule has 0 fully saturated rings. The van der Waals surface area contributed by atoms with Crippen molar-refractivity contribution < 1.29 is 4.74 Å². The van der Waals surface area contributed by atoms with Gasteiger partial charge in [0.2, 0.25) is 0 Å². The summed E-state index contributed by atoms with van der Waals surface area (Å²) in [7, 11) is 3.51. The normalized spacial score (nSPS) is 10.8. The molecule has 0 radical (unpaired) electrons. The Morgan fingerprint density at radius 3 is 2.76 bits per heavy atom. The van der Waals surface area contributed by atoms with Crippen molar-refractivity contribution in [3.63, 3.8) is 0 Å². The summed E-state index contributed by atoms with van der Waals surface area (Å²) in [6, 6.07) is 9.98. The Bertz CT molecular complexity index is 794. The number of benzene rings is 1. The van der Waals surface area contributed by atoms with E-state index in [0.29, 0.717) is 5.82 Å². The number of nitrogen functional groups attached to an aromatic ring is 1. The Kier molecular flexibility index (Phi) is 3.73. The molecule has 0 aliphatic carbocycles. The molecule has 0 aliphatic rings. The maximum atomic E-state index is 6.23. The van der Waals surface area contributed by atoms with Crippen LogP contribution in [0.2, 0.25) is 0 Å². The van der Waals surface area contributed by atoms with Gasteiger partial charge in [-0.1, -0.05) is 34.1 Å². The number of thiophene rings is 1. The predicted molar refractivity (Wildman–Crippen MR) is 90.6 cm³/mol. The Morgan fingerprint density at radius 2 is 2.10 bits per heavy atom. The Balaban J connectivity index is 2.23. The summed E-state index contributed by atoms with van der Waals surface area (Å²) < 4.78 is 7.96. The fourth-order valence-corrected chi connectivity index (χ4v) is 3.52. The Labute approximate surface area is 135 Å². The number of methoxy groups -OCH3 is 1. The second kappa shape index (κ2) is 5.54. The van der Waals surface area contributed by atoms with Crippen molar-refractivity contribution in [2.75, 3.05) is 12.8 Å². The molecule has 6 heteroatoms. The van der Waals surface area contributed by atoms with E-state index in [4.69, 9.17) is 10.5 Å². The van der Waals surface area contributed by atoms with Crippen molar-refractivity contribution in [1.82, 2.24) is 9.78 Å². The first-order valence-electron chi connectivity index (χ1n) is 6.32. The summed E-state index contributed by atoms with van der Waals surface area (Å²) in [5.41, 5.74) is 9.08. The highest BCUT2D eigenvalue weighted by atomic mass is 79.9. The largest absolute Gasteiger partial charge is 0.496 e. The van der Waals surface area contributed by atoms with Crippen molar-refractivity contribution in [3.8, 4) is 27.4 Å². The standard InChI is InChI=1S/C15H14BrN3OS/c1-19-15(17)13(10-5-3-4-6-11(10)16)14(18-19)12-7-9(20-2)8-21-12/h3-8H,17H2,1-2H3. The molecule has 0 saturated heterocycles. The van der Waals surface area contributed by atoms with Crippen molar-refractivity contribution in [2.45, 2.75) is 0 Å². The van der Waals surface area contributed by atoms with Gasteiger partial charge in [0.15, 0.2) is 0 Å². The maximum absolute atomic E-state index is 6.23. The number of aryl methyl sites for hydroxylation is 1. The van der Waals surface area contributed by atoms with Gasteiger partial charge in [-0.25, -0.2) is 0 Å². The topological polar surface area (TPSA) is 53.1 Å². The first-order valence-corrected chi connectivity index (χ1v) is 7.99. The summed E-state index contributed by atoms with van der Waals surface area (Å²) in [5, 5.41) is 6.53. The van der Waals surface area contributed by atoms with E-state index in [9.17, 15) is 0 Å². The van der Waals surface area contributed by atoms with Gasteiger partial charge in [0.05, 0.1) is 17.6 Å². The molecule has 0 atom stereocenters. The van der Waals surface area contributed by atoms with E-state index in [1.807, 2.05) is 42.8 Å². The molecule has 1 aromatic carbocycles. The Hall–Kier alpha value is -1.79. The van der Waals surface area contributed by atoms with Crippen molar-refractivity contribution >= 4 is 33.1 Å². The molecular weight excluding hydrogens is 350 g/mol. The summed E-state index contributed by atoms with van der Waals surface area (Å²) in [6.07, 6.45) is 0. The molecule has 0 spiro atoms. The molecule has 21 heavy (non-hydrogen) atoms. The van der Waals surface area contributed by atoms with Crippen LogP contribution in [0.25, 0.3) is 21.7 Å². The van der Waals surface area contributed by atoms with Crippen LogP contribution in [0.15, 0.2) is 40.2 Å². The van der Waals surface area contributed by atoms with Crippen LogP contribution in [-0.4, -0.2) is 16.9 Å². The zero-order chi connectivity index (χ0) is 15.0. The van der Waals surface area contributed by atoms with Gasteiger partial charge in [-0.15, -0.1) is 11.3 Å². The lowest BCUT2D eigenvalue weighted by molar-refractivity contribution is 0.417. The van der Waals surface area contributed by atoms with Crippen LogP contribution in [0.1, 0.15) is 0 Å². The summed E-state index contributed by atoms with van der Waals surface area (Å²) in [5.74, 6) is 1.47. The van der Waals surface area contributed by atoms with E-state index < -0.39 is 0 Å². The third-order valence-corrected chi connectivity index (χ3v) is 4.89. The van der Waals surface area contributed by atoms with E-state index >= 15 is 0 Å². The van der Waals surface area contributed by atoms with E-state index in [2.05, 4.69) is 21.0 Å². The lowest BCUT2D eigenvalue weighted by Gasteiger charge is -2.05. The van der Waals surface area contributed by atoms with Gasteiger partial charge >= 0.3 is 0 Å². The highest BCUT2D eigenvalue weighted by molar-refractivity contribution is 9.10. The van der Waals surface area contributed by atoms with E-state index in [0.717, 1.165) is 31.9 Å². The zero-order valence-electron chi connectivity index (χ0n) is 11.6. The van der Waals surface area contributed by atoms with Crippen LogP contribution in [0.4, 0.5) is 5.82 Å². The average Bonchev–Trinajstić information content (AvgIpc) is 3.06. The predicted octanol–water partition coefficient (Wildman–Crippen LogP) is 4.17. The molecule has 0 unspecified atom stereocenters. The molecule has 3 rings (SSSR count). The quantitative estimate of drug-likeness (QED) is 0.759. The number of aromatic nitrogens is 2. The minimum absolute atomic E-state index is 0.643. The number of hydrogen-bond acceptors (Lipinski definition) is 4. The van der Waals surface area contributed by atoms with Gasteiger partial charge in [-0.05, 0) is 6.07 Å². The van der Waals surface area contributed by atoms with Crippen LogP contribution in [0, 0.1) is 0 Å². The van der Waals surface area contributed by atoms with Gasteiger partial charge in [0.25, 0.3) is 0 Å². The van der Waals surface area contributed by atoms with Crippen LogP contribution in [-0.2, 0) is 7.05 Å². The molecule has 0 bridgehead atoms. The van der Waals surface area contributed by atoms with Crippen molar-refractivity contribution in [3.05, 3.63) is 40.2 Å². The average molecular weight is 364 g/mol. The highest BCUT2D eigenvalue weighted by Gasteiger charge is 2.20. The number of ether oxygens (including phenoxy) is 1. The molecule has 108 valence electrons. The molecule has 2 aromatic heterocycles. The smallest absolute Gasteiger partial charge is 0.130 e. The van der Waals surface area contributed by atoms with Crippen LogP contribution in [0.3, 0.4) is 0 Å².